The molecule has 0 amide bonds. The Hall–Kier alpha value is -1.60. The van der Waals surface area contributed by atoms with Gasteiger partial charge in [-0.2, -0.15) is 0 Å². The molecule has 0 radical (unpaired) electrons. The first-order chi connectivity index (χ1) is 9.35. The van der Waals surface area contributed by atoms with E-state index in [1.165, 1.54) is 22.3 Å². The Bertz CT molecular complexity index is 469. The monoisotopic (exact) mass is 253 g/mol. The molecule has 0 fully saturated rings. The van der Waals surface area contributed by atoms with Gasteiger partial charge in [-0.05, 0) is 35.1 Å². The highest BCUT2D eigenvalue weighted by Gasteiger charge is 2.01. The zero-order valence-electron chi connectivity index (χ0n) is 11.9. The van der Waals surface area contributed by atoms with E-state index in [4.69, 9.17) is 0 Å². The molecule has 0 unspecified atom stereocenters. The van der Waals surface area contributed by atoms with E-state index in [-0.39, 0.29) is 0 Å². The van der Waals surface area contributed by atoms with Crippen LogP contribution in [0.4, 0.5) is 0 Å². The van der Waals surface area contributed by atoms with Crippen molar-refractivity contribution in [3.05, 3.63) is 70.8 Å². The summed E-state index contributed by atoms with van der Waals surface area (Å²) in [6, 6.07) is 17.4. The summed E-state index contributed by atoms with van der Waals surface area (Å²) in [6.45, 7) is 6.32. The van der Waals surface area contributed by atoms with Crippen LogP contribution in [0.25, 0.3) is 0 Å². The van der Waals surface area contributed by atoms with Gasteiger partial charge in [-0.25, -0.2) is 0 Å². The van der Waals surface area contributed by atoms with Gasteiger partial charge in [0.2, 0.25) is 0 Å². The number of rotatable bonds is 6. The summed E-state index contributed by atoms with van der Waals surface area (Å²) in [4.78, 5) is 0. The molecule has 0 heterocycles. The van der Waals surface area contributed by atoms with Gasteiger partial charge in [0.15, 0.2) is 0 Å². The van der Waals surface area contributed by atoms with Gasteiger partial charge in [0, 0.05) is 13.1 Å². The molecular weight excluding hydrogens is 230 g/mol. The largest absolute Gasteiger partial charge is 0.309 e. The minimum absolute atomic E-state index is 0.946. The van der Waals surface area contributed by atoms with Crippen molar-refractivity contribution in [1.29, 1.82) is 0 Å². The van der Waals surface area contributed by atoms with Crippen molar-refractivity contribution in [2.75, 3.05) is 0 Å². The number of nitrogens with one attached hydrogen (secondary N) is 1. The van der Waals surface area contributed by atoms with Crippen LogP contribution in [0.5, 0.6) is 0 Å². The summed E-state index contributed by atoms with van der Waals surface area (Å²) < 4.78 is 0. The van der Waals surface area contributed by atoms with E-state index < -0.39 is 0 Å². The van der Waals surface area contributed by atoms with Crippen molar-refractivity contribution >= 4 is 0 Å². The summed E-state index contributed by atoms with van der Waals surface area (Å²) in [5, 5.41) is 3.57. The second-order valence-electron chi connectivity index (χ2n) is 4.85. The fraction of sp³-hybridized carbons (Fsp3) is 0.333. The molecule has 1 N–H and O–H groups in total. The van der Waals surface area contributed by atoms with Gasteiger partial charge in [0.05, 0.1) is 0 Å². The van der Waals surface area contributed by atoms with Crippen molar-refractivity contribution in [1.82, 2.24) is 5.32 Å². The number of hydrogen-bond acceptors (Lipinski definition) is 1. The van der Waals surface area contributed by atoms with E-state index in [0.717, 1.165) is 25.9 Å². The Morgan fingerprint density at radius 2 is 1.00 bits per heavy atom. The van der Waals surface area contributed by atoms with Crippen LogP contribution in [0.1, 0.15) is 36.1 Å². The third-order valence-corrected chi connectivity index (χ3v) is 3.63. The summed E-state index contributed by atoms with van der Waals surface area (Å²) >= 11 is 0. The Morgan fingerprint density at radius 1 is 0.632 bits per heavy atom. The molecule has 2 aromatic rings. The highest BCUT2D eigenvalue weighted by Crippen LogP contribution is 2.11. The van der Waals surface area contributed by atoms with Gasteiger partial charge in [0.25, 0.3) is 0 Å². The molecule has 0 saturated heterocycles. The van der Waals surface area contributed by atoms with Crippen LogP contribution in [0.15, 0.2) is 48.5 Å². The van der Waals surface area contributed by atoms with Crippen LogP contribution in [-0.4, -0.2) is 0 Å². The summed E-state index contributed by atoms with van der Waals surface area (Å²) in [5.74, 6) is 0. The van der Waals surface area contributed by atoms with Gasteiger partial charge >= 0.3 is 0 Å². The molecule has 19 heavy (non-hydrogen) atoms. The lowest BCUT2D eigenvalue weighted by atomic mass is 10.0. The average Bonchev–Trinajstić information content (AvgIpc) is 2.48. The molecule has 0 aromatic heterocycles. The number of benzene rings is 2. The molecule has 1 heteroatoms. The Balaban J connectivity index is 1.96. The van der Waals surface area contributed by atoms with E-state index in [1.54, 1.807) is 0 Å². The van der Waals surface area contributed by atoms with Crippen molar-refractivity contribution in [2.24, 2.45) is 0 Å². The highest BCUT2D eigenvalue weighted by atomic mass is 14.8. The highest BCUT2D eigenvalue weighted by molar-refractivity contribution is 5.28. The predicted octanol–water partition coefficient (Wildman–Crippen LogP) is 4.10. The Morgan fingerprint density at radius 3 is 1.37 bits per heavy atom. The lowest BCUT2D eigenvalue weighted by Gasteiger charge is -2.11. The summed E-state index contributed by atoms with van der Waals surface area (Å²) in [5.41, 5.74) is 5.72. The number of hydrogen-bond donors (Lipinski definition) is 1. The van der Waals surface area contributed by atoms with Crippen LogP contribution in [-0.2, 0) is 25.9 Å². The topological polar surface area (TPSA) is 12.0 Å². The van der Waals surface area contributed by atoms with E-state index in [2.05, 4.69) is 67.7 Å². The van der Waals surface area contributed by atoms with E-state index in [1.807, 2.05) is 0 Å². The first-order valence-corrected chi connectivity index (χ1v) is 7.19. The minimum atomic E-state index is 0.946. The minimum Gasteiger partial charge on any atom is -0.309 e. The molecular formula is C18H23N. The van der Waals surface area contributed by atoms with Crippen LogP contribution in [0.3, 0.4) is 0 Å². The van der Waals surface area contributed by atoms with Crippen molar-refractivity contribution in [2.45, 2.75) is 39.8 Å². The Labute approximate surface area is 116 Å². The zero-order valence-corrected chi connectivity index (χ0v) is 11.9. The van der Waals surface area contributed by atoms with Crippen LogP contribution >= 0.6 is 0 Å². The first-order valence-electron chi connectivity index (χ1n) is 7.19. The number of aryl methyl sites for hydroxylation is 2. The quantitative estimate of drug-likeness (QED) is 0.817. The molecule has 0 aliphatic carbocycles. The maximum absolute atomic E-state index is 3.57. The van der Waals surface area contributed by atoms with E-state index in [9.17, 15) is 0 Å². The SMILES string of the molecule is CCc1ccccc1CNCc1ccccc1CC. The molecule has 100 valence electrons. The van der Waals surface area contributed by atoms with E-state index >= 15 is 0 Å². The maximum Gasteiger partial charge on any atom is 0.0211 e. The average molecular weight is 253 g/mol. The molecule has 2 rings (SSSR count). The Kier molecular flexibility index (Phi) is 5.17. The third kappa shape index (κ3) is 3.68. The zero-order chi connectivity index (χ0) is 13.5. The lowest BCUT2D eigenvalue weighted by Crippen LogP contribution is -2.15. The smallest absolute Gasteiger partial charge is 0.0211 e. The first kappa shape index (κ1) is 13.8. The standard InChI is InChI=1S/C18H23N/c1-3-15-9-5-7-11-17(15)13-19-14-18-12-8-6-10-16(18)4-2/h5-12,19H,3-4,13-14H2,1-2H3. The van der Waals surface area contributed by atoms with Gasteiger partial charge in [-0.3, -0.25) is 0 Å². The van der Waals surface area contributed by atoms with E-state index in [0.29, 0.717) is 0 Å². The van der Waals surface area contributed by atoms with Gasteiger partial charge < -0.3 is 5.32 Å². The van der Waals surface area contributed by atoms with Crippen molar-refractivity contribution in [3.63, 3.8) is 0 Å². The van der Waals surface area contributed by atoms with Crippen molar-refractivity contribution < 1.29 is 0 Å². The van der Waals surface area contributed by atoms with Crippen LogP contribution in [0.2, 0.25) is 0 Å². The normalized spacial score (nSPS) is 10.6. The second-order valence-corrected chi connectivity index (χ2v) is 4.85. The lowest BCUT2D eigenvalue weighted by molar-refractivity contribution is 0.683. The van der Waals surface area contributed by atoms with Crippen LogP contribution < -0.4 is 5.32 Å². The molecule has 0 saturated carbocycles. The predicted molar refractivity (Wildman–Crippen MR) is 82.2 cm³/mol. The van der Waals surface area contributed by atoms with Crippen molar-refractivity contribution in [3.8, 4) is 0 Å². The maximum atomic E-state index is 3.57. The van der Waals surface area contributed by atoms with Gasteiger partial charge in [-0.15, -0.1) is 0 Å². The molecule has 0 bridgehead atoms. The third-order valence-electron chi connectivity index (χ3n) is 3.63. The fourth-order valence-corrected chi connectivity index (χ4v) is 2.48. The molecule has 0 spiro atoms. The molecule has 1 nitrogen and oxygen atoms in total. The summed E-state index contributed by atoms with van der Waals surface area (Å²) in [6.07, 6.45) is 2.20. The van der Waals surface area contributed by atoms with Gasteiger partial charge in [0.1, 0.15) is 0 Å². The molecule has 2 aromatic carbocycles. The molecule has 0 atom stereocenters. The molecule has 0 aliphatic rings. The van der Waals surface area contributed by atoms with Gasteiger partial charge in [-0.1, -0.05) is 62.4 Å². The second kappa shape index (κ2) is 7.10. The van der Waals surface area contributed by atoms with Crippen LogP contribution in [0, 0.1) is 0 Å². The fourth-order valence-electron chi connectivity index (χ4n) is 2.48. The molecule has 0 aliphatic heterocycles. The summed E-state index contributed by atoms with van der Waals surface area (Å²) in [7, 11) is 0.